The van der Waals surface area contributed by atoms with Crippen molar-refractivity contribution in [1.82, 2.24) is 15.1 Å². The molecule has 0 aromatic heterocycles. The zero-order chi connectivity index (χ0) is 21.8. The Morgan fingerprint density at radius 2 is 1.55 bits per heavy atom. The number of carbonyl (C=O) groups excluding carboxylic acids is 2. The number of ether oxygens (including phenoxy) is 1. The van der Waals surface area contributed by atoms with Crippen LogP contribution in [0.5, 0.6) is 5.75 Å². The van der Waals surface area contributed by atoms with Crippen LogP contribution in [0.15, 0.2) is 24.3 Å². The topological polar surface area (TPSA) is 99.2 Å². The Labute approximate surface area is 165 Å². The second-order valence-corrected chi connectivity index (χ2v) is 6.86. The van der Waals surface area contributed by atoms with Crippen molar-refractivity contribution >= 4 is 17.9 Å². The molecule has 1 aliphatic rings. The van der Waals surface area contributed by atoms with Gasteiger partial charge in [0.2, 0.25) is 5.91 Å². The minimum absolute atomic E-state index is 0.201. The van der Waals surface area contributed by atoms with Gasteiger partial charge in [-0.15, -0.1) is 13.2 Å². The molecule has 2 rings (SSSR count). The number of hydrogen-bond donors (Lipinski definition) is 2. The van der Waals surface area contributed by atoms with Gasteiger partial charge in [-0.2, -0.15) is 0 Å². The number of rotatable bonds is 5. The van der Waals surface area contributed by atoms with E-state index < -0.39 is 24.2 Å². The summed E-state index contributed by atoms with van der Waals surface area (Å²) in [5, 5.41) is 11.1. The molecule has 0 aliphatic carbocycles. The maximum Gasteiger partial charge on any atom is 0.573 e. The van der Waals surface area contributed by atoms with E-state index in [0.29, 0.717) is 0 Å². The molecule has 1 heterocycles. The SMILES string of the molecule is CC(C)[C@H](NC(=O)O)C(=O)N1CCN(C(=O)c2ccc(OC(F)(F)F)cc2)CC1. The van der Waals surface area contributed by atoms with Gasteiger partial charge in [-0.1, -0.05) is 13.8 Å². The first kappa shape index (κ1) is 22.3. The molecule has 0 radical (unpaired) electrons. The van der Waals surface area contributed by atoms with E-state index in [-0.39, 0.29) is 49.5 Å². The van der Waals surface area contributed by atoms with Gasteiger partial charge in [0.15, 0.2) is 0 Å². The molecule has 0 bridgehead atoms. The third-order valence-corrected chi connectivity index (χ3v) is 4.43. The summed E-state index contributed by atoms with van der Waals surface area (Å²) in [5.74, 6) is -1.39. The van der Waals surface area contributed by atoms with Crippen LogP contribution in [0.25, 0.3) is 0 Å². The minimum atomic E-state index is -4.81. The van der Waals surface area contributed by atoms with Gasteiger partial charge in [0, 0.05) is 31.7 Å². The molecule has 0 unspecified atom stereocenters. The molecule has 8 nitrogen and oxygen atoms in total. The highest BCUT2D eigenvalue weighted by atomic mass is 19.4. The predicted molar refractivity (Wildman–Crippen MR) is 95.4 cm³/mol. The number of alkyl halides is 3. The number of nitrogens with zero attached hydrogens (tertiary/aromatic N) is 2. The highest BCUT2D eigenvalue weighted by Crippen LogP contribution is 2.23. The van der Waals surface area contributed by atoms with E-state index >= 15 is 0 Å². The fourth-order valence-corrected chi connectivity index (χ4v) is 2.95. The number of carboxylic acid groups (broad SMARTS) is 1. The minimum Gasteiger partial charge on any atom is -0.465 e. The fourth-order valence-electron chi connectivity index (χ4n) is 2.95. The lowest BCUT2D eigenvalue weighted by atomic mass is 10.0. The summed E-state index contributed by atoms with van der Waals surface area (Å²) < 4.78 is 40.4. The smallest absolute Gasteiger partial charge is 0.465 e. The quantitative estimate of drug-likeness (QED) is 0.765. The molecule has 1 aromatic rings. The fraction of sp³-hybridized carbons (Fsp3) is 0.500. The predicted octanol–water partition coefficient (Wildman–Crippen LogP) is 2.16. The third kappa shape index (κ3) is 6.26. The molecule has 11 heteroatoms. The van der Waals surface area contributed by atoms with Crippen LogP contribution in [-0.4, -0.2) is 71.4 Å². The van der Waals surface area contributed by atoms with E-state index in [4.69, 9.17) is 5.11 Å². The van der Waals surface area contributed by atoms with Crippen molar-refractivity contribution in [2.75, 3.05) is 26.2 Å². The summed E-state index contributed by atoms with van der Waals surface area (Å²) in [4.78, 5) is 39.0. The van der Waals surface area contributed by atoms with Crippen molar-refractivity contribution in [3.05, 3.63) is 29.8 Å². The zero-order valence-electron chi connectivity index (χ0n) is 15.9. The Morgan fingerprint density at radius 1 is 1.03 bits per heavy atom. The summed E-state index contributed by atoms with van der Waals surface area (Å²) in [6, 6.07) is 3.73. The Balaban J connectivity index is 1.95. The Morgan fingerprint density at radius 3 is 2.00 bits per heavy atom. The van der Waals surface area contributed by atoms with Crippen molar-refractivity contribution in [2.45, 2.75) is 26.3 Å². The van der Waals surface area contributed by atoms with Crippen LogP contribution in [0, 0.1) is 5.92 Å². The van der Waals surface area contributed by atoms with Gasteiger partial charge >= 0.3 is 12.5 Å². The monoisotopic (exact) mass is 417 g/mol. The molecule has 0 saturated carbocycles. The second-order valence-electron chi connectivity index (χ2n) is 6.86. The van der Waals surface area contributed by atoms with Crippen LogP contribution < -0.4 is 10.1 Å². The van der Waals surface area contributed by atoms with E-state index in [1.165, 1.54) is 21.9 Å². The first-order valence-electron chi connectivity index (χ1n) is 8.91. The van der Waals surface area contributed by atoms with Crippen LogP contribution in [0.4, 0.5) is 18.0 Å². The average Bonchev–Trinajstić information content (AvgIpc) is 2.64. The molecule has 1 atom stereocenters. The van der Waals surface area contributed by atoms with Crippen molar-refractivity contribution < 1.29 is 37.4 Å². The maximum absolute atomic E-state index is 12.6. The van der Waals surface area contributed by atoms with Gasteiger partial charge in [0.25, 0.3) is 5.91 Å². The van der Waals surface area contributed by atoms with E-state index in [1.807, 2.05) is 0 Å². The molecule has 3 amide bonds. The number of halogens is 3. The van der Waals surface area contributed by atoms with Gasteiger partial charge < -0.3 is 25.0 Å². The Bertz CT molecular complexity index is 744. The lowest BCUT2D eigenvalue weighted by Crippen LogP contribution is -2.57. The van der Waals surface area contributed by atoms with Gasteiger partial charge in [-0.05, 0) is 30.2 Å². The number of nitrogens with one attached hydrogen (secondary N) is 1. The van der Waals surface area contributed by atoms with Gasteiger partial charge in [0.05, 0.1) is 0 Å². The summed E-state index contributed by atoms with van der Waals surface area (Å²) in [6.45, 7) is 4.36. The number of carbonyl (C=O) groups is 3. The molecule has 1 saturated heterocycles. The molecular weight excluding hydrogens is 395 g/mol. The van der Waals surface area contributed by atoms with E-state index in [0.717, 1.165) is 12.1 Å². The standard InChI is InChI=1S/C18H22F3N3O5/c1-11(2)14(22-17(27)28)16(26)24-9-7-23(8-10-24)15(25)12-3-5-13(6-4-12)29-18(19,20)21/h3-6,11,14,22H,7-10H2,1-2H3,(H,27,28)/t14-/m0/s1. The number of hydrogen-bond acceptors (Lipinski definition) is 4. The molecule has 2 N–H and O–H groups in total. The summed E-state index contributed by atoms with van der Waals surface area (Å²) >= 11 is 0. The highest BCUT2D eigenvalue weighted by molar-refractivity contribution is 5.94. The summed E-state index contributed by atoms with van der Waals surface area (Å²) in [6.07, 6.45) is -6.10. The molecule has 1 aromatic carbocycles. The zero-order valence-corrected chi connectivity index (χ0v) is 15.9. The molecule has 1 fully saturated rings. The first-order valence-corrected chi connectivity index (χ1v) is 8.91. The molecule has 29 heavy (non-hydrogen) atoms. The second kappa shape index (κ2) is 9.01. The van der Waals surface area contributed by atoms with Crippen molar-refractivity contribution in [2.24, 2.45) is 5.92 Å². The third-order valence-electron chi connectivity index (χ3n) is 4.43. The normalized spacial score (nSPS) is 15.8. The first-order chi connectivity index (χ1) is 13.5. The maximum atomic E-state index is 12.6. The summed E-state index contributed by atoms with van der Waals surface area (Å²) in [7, 11) is 0. The lowest BCUT2D eigenvalue weighted by molar-refractivity contribution is -0.274. The van der Waals surface area contributed by atoms with Crippen molar-refractivity contribution in [3.63, 3.8) is 0 Å². The number of piperazine rings is 1. The lowest BCUT2D eigenvalue weighted by Gasteiger charge is -2.37. The van der Waals surface area contributed by atoms with Crippen LogP contribution in [0.1, 0.15) is 24.2 Å². The number of benzene rings is 1. The number of amides is 3. The Kier molecular flexibility index (Phi) is 6.93. The highest BCUT2D eigenvalue weighted by Gasteiger charge is 2.33. The largest absolute Gasteiger partial charge is 0.573 e. The van der Waals surface area contributed by atoms with E-state index in [2.05, 4.69) is 10.1 Å². The van der Waals surface area contributed by atoms with E-state index in [1.54, 1.807) is 13.8 Å². The van der Waals surface area contributed by atoms with Gasteiger partial charge in [-0.3, -0.25) is 9.59 Å². The molecule has 0 spiro atoms. The summed E-state index contributed by atoms with van der Waals surface area (Å²) in [5.41, 5.74) is 0.201. The van der Waals surface area contributed by atoms with E-state index in [9.17, 15) is 27.6 Å². The van der Waals surface area contributed by atoms with Gasteiger partial charge in [0.1, 0.15) is 11.8 Å². The van der Waals surface area contributed by atoms with Crippen LogP contribution >= 0.6 is 0 Å². The molecular formula is C18H22F3N3O5. The van der Waals surface area contributed by atoms with Gasteiger partial charge in [-0.25, -0.2) is 4.79 Å². The van der Waals surface area contributed by atoms with Crippen molar-refractivity contribution in [1.29, 1.82) is 0 Å². The molecule has 1 aliphatic heterocycles. The van der Waals surface area contributed by atoms with Crippen LogP contribution in [0.3, 0.4) is 0 Å². The molecule has 160 valence electrons. The average molecular weight is 417 g/mol. The van der Waals surface area contributed by atoms with Crippen molar-refractivity contribution in [3.8, 4) is 5.75 Å². The Hall–Kier alpha value is -2.98. The van der Waals surface area contributed by atoms with Crippen LogP contribution in [0.2, 0.25) is 0 Å². The van der Waals surface area contributed by atoms with Crippen LogP contribution in [-0.2, 0) is 4.79 Å².